The van der Waals surface area contributed by atoms with Crippen LogP contribution in [-0.2, 0) is 16.1 Å². The van der Waals surface area contributed by atoms with E-state index >= 15 is 0 Å². The van der Waals surface area contributed by atoms with E-state index in [1.54, 1.807) is 16.5 Å². The molecule has 1 fully saturated rings. The van der Waals surface area contributed by atoms with Gasteiger partial charge in [0.2, 0.25) is 0 Å². The van der Waals surface area contributed by atoms with Crippen molar-refractivity contribution in [2.24, 2.45) is 0 Å². The molecule has 0 bridgehead atoms. The van der Waals surface area contributed by atoms with E-state index in [0.717, 1.165) is 25.2 Å². The van der Waals surface area contributed by atoms with Gasteiger partial charge >= 0.3 is 6.09 Å². The van der Waals surface area contributed by atoms with Crippen molar-refractivity contribution in [1.82, 2.24) is 15.3 Å². The first-order chi connectivity index (χ1) is 12.3. The van der Waals surface area contributed by atoms with E-state index in [1.165, 1.54) is 11.6 Å². The van der Waals surface area contributed by atoms with Gasteiger partial charge in [-0.25, -0.2) is 10.3 Å². The minimum Gasteiger partial charge on any atom is -0.444 e. The second-order valence-corrected chi connectivity index (χ2v) is 7.29. The Kier molecular flexibility index (Phi) is 6.76. The molecule has 1 heterocycles. The molecule has 142 valence electrons. The highest BCUT2D eigenvalue weighted by Gasteiger charge is 2.25. The molecule has 0 aliphatic carbocycles. The number of carbonyl (C=O) groups excluding carboxylic acids is 2. The molecule has 26 heavy (non-hydrogen) atoms. The number of ether oxygens (including phenoxy) is 1. The predicted molar refractivity (Wildman–Crippen MR) is 98.5 cm³/mol. The Morgan fingerprint density at radius 3 is 2.31 bits per heavy atom. The van der Waals surface area contributed by atoms with Crippen molar-refractivity contribution >= 4 is 18.1 Å². The number of hydrogen-bond donors (Lipinski definition) is 2. The Morgan fingerprint density at radius 1 is 1.15 bits per heavy atom. The van der Waals surface area contributed by atoms with E-state index in [9.17, 15) is 9.59 Å². The first-order valence-corrected chi connectivity index (χ1v) is 8.68. The van der Waals surface area contributed by atoms with Gasteiger partial charge in [0.05, 0.1) is 0 Å². The standard InChI is InChI=1S/C19H27N3O4/c1-19(2,3)26-18(24)22-12-10-21(11-13-22)14-16-6-4-15(5-7-16)8-9-17(23)20-25/h4-9,25H,10-14H2,1-3H3,(H,20,23)/b9-8+. The molecular formula is C19H27N3O4. The summed E-state index contributed by atoms with van der Waals surface area (Å²) in [4.78, 5) is 27.1. The van der Waals surface area contributed by atoms with E-state index in [2.05, 4.69) is 4.90 Å². The van der Waals surface area contributed by atoms with Crippen molar-refractivity contribution in [3.8, 4) is 0 Å². The third kappa shape index (κ3) is 6.50. The quantitative estimate of drug-likeness (QED) is 0.488. The van der Waals surface area contributed by atoms with Gasteiger partial charge in [0.15, 0.2) is 0 Å². The molecule has 2 rings (SSSR count). The Labute approximate surface area is 154 Å². The van der Waals surface area contributed by atoms with Crippen LogP contribution in [-0.4, -0.2) is 58.8 Å². The zero-order valence-electron chi connectivity index (χ0n) is 15.6. The first kappa shape index (κ1) is 19.9. The molecule has 1 aliphatic heterocycles. The number of benzene rings is 1. The number of amides is 2. The second-order valence-electron chi connectivity index (χ2n) is 7.29. The highest BCUT2D eigenvalue weighted by Crippen LogP contribution is 2.14. The molecule has 2 amide bonds. The van der Waals surface area contributed by atoms with E-state index in [1.807, 2.05) is 45.0 Å². The van der Waals surface area contributed by atoms with Gasteiger partial charge in [-0.15, -0.1) is 0 Å². The number of rotatable bonds is 4. The summed E-state index contributed by atoms with van der Waals surface area (Å²) in [6.45, 7) is 9.35. The van der Waals surface area contributed by atoms with Crippen LogP contribution in [0.1, 0.15) is 31.9 Å². The van der Waals surface area contributed by atoms with Crippen molar-refractivity contribution in [2.75, 3.05) is 26.2 Å². The molecule has 7 nitrogen and oxygen atoms in total. The van der Waals surface area contributed by atoms with Gasteiger partial charge in [0.1, 0.15) is 5.60 Å². The van der Waals surface area contributed by atoms with Gasteiger partial charge in [-0.3, -0.25) is 14.9 Å². The number of hydroxylamine groups is 1. The minimum atomic E-state index is -0.558. The lowest BCUT2D eigenvalue weighted by molar-refractivity contribution is -0.124. The molecule has 1 saturated heterocycles. The van der Waals surface area contributed by atoms with Gasteiger partial charge < -0.3 is 9.64 Å². The Hall–Kier alpha value is -2.38. The molecule has 0 saturated carbocycles. The summed E-state index contributed by atoms with van der Waals surface area (Å²) in [5, 5.41) is 8.46. The van der Waals surface area contributed by atoms with Crippen LogP contribution in [0.25, 0.3) is 6.08 Å². The van der Waals surface area contributed by atoms with Crippen LogP contribution < -0.4 is 5.48 Å². The molecule has 0 radical (unpaired) electrons. The smallest absolute Gasteiger partial charge is 0.410 e. The number of piperazine rings is 1. The van der Waals surface area contributed by atoms with Crippen molar-refractivity contribution in [3.63, 3.8) is 0 Å². The first-order valence-electron chi connectivity index (χ1n) is 8.68. The van der Waals surface area contributed by atoms with Crippen LogP contribution in [0.15, 0.2) is 30.3 Å². The number of nitrogens with one attached hydrogen (secondary N) is 1. The van der Waals surface area contributed by atoms with Crippen molar-refractivity contribution in [2.45, 2.75) is 32.9 Å². The van der Waals surface area contributed by atoms with Crippen LogP contribution in [0.4, 0.5) is 4.79 Å². The number of hydrogen-bond acceptors (Lipinski definition) is 5. The van der Waals surface area contributed by atoms with E-state index < -0.39 is 11.5 Å². The average Bonchev–Trinajstić information content (AvgIpc) is 2.60. The Morgan fingerprint density at radius 2 is 1.77 bits per heavy atom. The average molecular weight is 361 g/mol. The lowest BCUT2D eigenvalue weighted by Crippen LogP contribution is -2.49. The molecular weight excluding hydrogens is 334 g/mol. The normalized spacial score (nSPS) is 15.9. The third-order valence-electron chi connectivity index (χ3n) is 3.95. The fourth-order valence-electron chi connectivity index (χ4n) is 2.62. The van der Waals surface area contributed by atoms with Gasteiger partial charge in [-0.2, -0.15) is 0 Å². The largest absolute Gasteiger partial charge is 0.444 e. The van der Waals surface area contributed by atoms with Gasteiger partial charge in [-0.05, 0) is 38.0 Å². The van der Waals surface area contributed by atoms with E-state index in [4.69, 9.17) is 9.94 Å². The minimum absolute atomic E-state index is 0.250. The summed E-state index contributed by atoms with van der Waals surface area (Å²) in [6, 6.07) is 7.87. The third-order valence-corrected chi connectivity index (χ3v) is 3.95. The van der Waals surface area contributed by atoms with Gasteiger partial charge in [0.25, 0.3) is 5.91 Å². The van der Waals surface area contributed by atoms with Crippen molar-refractivity contribution < 1.29 is 19.5 Å². The second kappa shape index (κ2) is 8.82. The molecule has 1 aliphatic rings. The van der Waals surface area contributed by atoms with Crippen LogP contribution >= 0.6 is 0 Å². The Balaban J connectivity index is 1.81. The maximum absolute atomic E-state index is 12.1. The maximum atomic E-state index is 12.1. The summed E-state index contributed by atoms with van der Waals surface area (Å²) in [5.41, 5.74) is 3.13. The Bertz CT molecular complexity index is 642. The molecule has 0 unspecified atom stereocenters. The zero-order chi connectivity index (χ0) is 19.2. The van der Waals surface area contributed by atoms with E-state index in [0.29, 0.717) is 13.1 Å². The topological polar surface area (TPSA) is 82.1 Å². The molecule has 7 heteroatoms. The number of nitrogens with zero attached hydrogens (tertiary/aromatic N) is 2. The SMILES string of the molecule is CC(C)(C)OC(=O)N1CCN(Cc2ccc(/C=C/C(=O)NO)cc2)CC1. The molecule has 2 N–H and O–H groups in total. The summed E-state index contributed by atoms with van der Waals surface area (Å²) >= 11 is 0. The summed E-state index contributed by atoms with van der Waals surface area (Å²) in [7, 11) is 0. The van der Waals surface area contributed by atoms with Crippen LogP contribution in [0.3, 0.4) is 0 Å². The zero-order valence-corrected chi connectivity index (χ0v) is 15.6. The van der Waals surface area contributed by atoms with Crippen LogP contribution in [0.2, 0.25) is 0 Å². The molecule has 1 aromatic carbocycles. The lowest BCUT2D eigenvalue weighted by Gasteiger charge is -2.35. The van der Waals surface area contributed by atoms with Gasteiger partial charge in [0, 0.05) is 38.8 Å². The molecule has 0 atom stereocenters. The van der Waals surface area contributed by atoms with Crippen LogP contribution in [0.5, 0.6) is 0 Å². The highest BCUT2D eigenvalue weighted by atomic mass is 16.6. The summed E-state index contributed by atoms with van der Waals surface area (Å²) in [6.07, 6.45) is 2.65. The van der Waals surface area contributed by atoms with Gasteiger partial charge in [-0.1, -0.05) is 24.3 Å². The highest BCUT2D eigenvalue weighted by molar-refractivity contribution is 5.90. The molecule has 1 aromatic rings. The number of carbonyl (C=O) groups is 2. The predicted octanol–water partition coefficient (Wildman–Crippen LogP) is 2.26. The van der Waals surface area contributed by atoms with Crippen molar-refractivity contribution in [3.05, 3.63) is 41.5 Å². The molecule has 0 spiro atoms. The fourth-order valence-corrected chi connectivity index (χ4v) is 2.62. The lowest BCUT2D eigenvalue weighted by atomic mass is 10.1. The van der Waals surface area contributed by atoms with Crippen LogP contribution in [0, 0.1) is 0 Å². The van der Waals surface area contributed by atoms with E-state index in [-0.39, 0.29) is 6.09 Å². The monoisotopic (exact) mass is 361 g/mol. The molecule has 0 aromatic heterocycles. The summed E-state index contributed by atoms with van der Waals surface area (Å²) in [5.74, 6) is -0.558. The summed E-state index contributed by atoms with van der Waals surface area (Å²) < 4.78 is 5.41. The fraction of sp³-hybridized carbons (Fsp3) is 0.474. The van der Waals surface area contributed by atoms with Crippen molar-refractivity contribution in [1.29, 1.82) is 0 Å². The maximum Gasteiger partial charge on any atom is 0.410 e.